The van der Waals surface area contributed by atoms with E-state index in [2.05, 4.69) is 63.6 Å². The molecule has 5 rings (SSSR count). The lowest BCUT2D eigenvalue weighted by Crippen LogP contribution is -2.35. The van der Waals surface area contributed by atoms with E-state index in [0.29, 0.717) is 11.2 Å². The molecular weight excluding hydrogens is 506 g/mol. The highest BCUT2D eigenvalue weighted by atomic mass is 79.9. The van der Waals surface area contributed by atoms with Gasteiger partial charge in [-0.2, -0.15) is 0 Å². The fourth-order valence-electron chi connectivity index (χ4n) is 5.81. The fourth-order valence-corrected chi connectivity index (χ4v) is 6.31. The van der Waals surface area contributed by atoms with Gasteiger partial charge >= 0.3 is 0 Å². The average molecular weight is 543 g/mol. The first-order chi connectivity index (χ1) is 17.2. The van der Waals surface area contributed by atoms with Crippen LogP contribution in [0.4, 0.5) is 0 Å². The van der Waals surface area contributed by atoms with Crippen LogP contribution in [0.5, 0.6) is 11.5 Å². The van der Waals surface area contributed by atoms with E-state index in [9.17, 15) is 0 Å². The second-order valence-corrected chi connectivity index (χ2v) is 10.5. The van der Waals surface area contributed by atoms with Gasteiger partial charge in [0.25, 0.3) is 0 Å². The van der Waals surface area contributed by atoms with Gasteiger partial charge in [0.15, 0.2) is 11.5 Å². The Morgan fingerprint density at radius 3 is 2.46 bits per heavy atom. The number of halogens is 1. The third kappa shape index (κ3) is 5.86. The largest absolute Gasteiger partial charge is 0.493 e. The maximum absolute atomic E-state index is 6.63. The molecule has 2 fully saturated rings. The van der Waals surface area contributed by atoms with E-state index in [0.717, 1.165) is 54.9 Å². The molecule has 6 heteroatoms. The van der Waals surface area contributed by atoms with Gasteiger partial charge in [-0.1, -0.05) is 70.3 Å². The molecule has 2 aromatic carbocycles. The van der Waals surface area contributed by atoms with Crippen molar-refractivity contribution in [1.82, 2.24) is 0 Å². The van der Waals surface area contributed by atoms with Crippen LogP contribution < -0.4 is 9.47 Å². The summed E-state index contributed by atoms with van der Waals surface area (Å²) in [7, 11) is 1.70. The molecule has 0 radical (unpaired) electrons. The molecule has 35 heavy (non-hydrogen) atoms. The summed E-state index contributed by atoms with van der Waals surface area (Å²) < 4.78 is 18.6. The minimum atomic E-state index is -0.363. The van der Waals surface area contributed by atoms with Crippen molar-refractivity contribution in [3.05, 3.63) is 59.7 Å². The van der Waals surface area contributed by atoms with Crippen LogP contribution in [0.3, 0.4) is 0 Å². The zero-order valence-electron chi connectivity index (χ0n) is 20.5. The van der Waals surface area contributed by atoms with Gasteiger partial charge in [-0.15, -0.1) is 0 Å². The van der Waals surface area contributed by atoms with Crippen molar-refractivity contribution >= 4 is 21.6 Å². The Balaban J connectivity index is 1.33. The third-order valence-electron chi connectivity index (χ3n) is 7.70. The smallest absolute Gasteiger partial charge is 0.228 e. The Bertz CT molecular complexity index is 991. The molecule has 4 atom stereocenters. The number of benzene rings is 2. The van der Waals surface area contributed by atoms with Crippen molar-refractivity contribution in [2.24, 2.45) is 5.16 Å². The number of rotatable bonds is 8. The van der Waals surface area contributed by atoms with Gasteiger partial charge in [-0.05, 0) is 61.8 Å². The Kier molecular flexibility index (Phi) is 8.30. The van der Waals surface area contributed by atoms with Gasteiger partial charge in [-0.3, -0.25) is 0 Å². The summed E-state index contributed by atoms with van der Waals surface area (Å²) in [5.41, 5.74) is 3.50. The maximum Gasteiger partial charge on any atom is 0.228 e. The van der Waals surface area contributed by atoms with E-state index in [1.807, 2.05) is 6.07 Å². The van der Waals surface area contributed by atoms with Crippen molar-refractivity contribution in [3.63, 3.8) is 0 Å². The molecular formula is C29H36BrNO4. The lowest BCUT2D eigenvalue weighted by molar-refractivity contribution is -0.189. The predicted octanol–water partition coefficient (Wildman–Crippen LogP) is 7.34. The number of nitrogens with zero attached hydrogens (tertiary/aromatic N) is 1. The minimum Gasteiger partial charge on any atom is -0.493 e. The van der Waals surface area contributed by atoms with Gasteiger partial charge in [0.1, 0.15) is 0 Å². The zero-order valence-corrected chi connectivity index (χ0v) is 22.1. The second-order valence-electron chi connectivity index (χ2n) is 9.95. The zero-order chi connectivity index (χ0) is 24.0. The van der Waals surface area contributed by atoms with E-state index < -0.39 is 0 Å². The van der Waals surface area contributed by atoms with Crippen LogP contribution in [-0.4, -0.2) is 36.6 Å². The van der Waals surface area contributed by atoms with Crippen molar-refractivity contribution in [1.29, 1.82) is 0 Å². The average Bonchev–Trinajstić information content (AvgIpc) is 3.42. The van der Waals surface area contributed by atoms with E-state index in [1.165, 1.54) is 31.2 Å². The summed E-state index contributed by atoms with van der Waals surface area (Å²) in [6.07, 6.45) is 10.1. The lowest BCUT2D eigenvalue weighted by Gasteiger charge is -2.36. The van der Waals surface area contributed by atoms with Crippen LogP contribution in [-0.2, 0) is 9.57 Å². The second kappa shape index (κ2) is 11.8. The SMILES string of the molecule is COc1ccc([C@H]2C[C@H](O[C@@H]3CCCC[C@H]3c3ccccc3)ON=C2CBr)cc1OC1CCCC1. The van der Waals surface area contributed by atoms with Crippen LogP contribution >= 0.6 is 15.9 Å². The number of alkyl halides is 1. The Labute approximate surface area is 217 Å². The molecule has 0 aromatic heterocycles. The van der Waals surface area contributed by atoms with Gasteiger partial charge in [0.2, 0.25) is 6.29 Å². The quantitative estimate of drug-likeness (QED) is 0.328. The monoisotopic (exact) mass is 541 g/mol. The van der Waals surface area contributed by atoms with E-state index in [1.54, 1.807) is 7.11 Å². The number of hydrogen-bond acceptors (Lipinski definition) is 5. The number of methoxy groups -OCH3 is 1. The summed E-state index contributed by atoms with van der Waals surface area (Å²) in [6, 6.07) is 17.0. The molecule has 1 aliphatic heterocycles. The first kappa shape index (κ1) is 24.6. The number of hydrogen-bond donors (Lipinski definition) is 0. The molecule has 0 unspecified atom stereocenters. The molecule has 0 spiro atoms. The molecule has 3 aliphatic rings. The van der Waals surface area contributed by atoms with Gasteiger partial charge in [-0.25, -0.2) is 0 Å². The highest BCUT2D eigenvalue weighted by molar-refractivity contribution is 9.09. The molecule has 2 aliphatic carbocycles. The van der Waals surface area contributed by atoms with Crippen LogP contribution in [0.25, 0.3) is 0 Å². The highest BCUT2D eigenvalue weighted by Crippen LogP contribution is 2.40. The van der Waals surface area contributed by atoms with Gasteiger partial charge in [0.05, 0.1) is 25.0 Å². The van der Waals surface area contributed by atoms with Crippen LogP contribution in [0.2, 0.25) is 0 Å². The van der Waals surface area contributed by atoms with Gasteiger partial charge < -0.3 is 19.0 Å². The molecule has 0 amide bonds. The highest BCUT2D eigenvalue weighted by Gasteiger charge is 2.35. The molecule has 1 heterocycles. The molecule has 2 aromatic rings. The van der Waals surface area contributed by atoms with E-state index in [4.69, 9.17) is 19.0 Å². The molecule has 2 saturated carbocycles. The Hall–Kier alpha value is -2.05. The molecule has 0 N–H and O–H groups in total. The van der Waals surface area contributed by atoms with Gasteiger partial charge in [0, 0.05) is 23.6 Å². The summed E-state index contributed by atoms with van der Waals surface area (Å²) in [6.45, 7) is 0. The molecule has 188 valence electrons. The van der Waals surface area contributed by atoms with Crippen molar-refractivity contribution in [2.75, 3.05) is 12.4 Å². The maximum atomic E-state index is 6.63. The lowest BCUT2D eigenvalue weighted by atomic mass is 9.81. The Morgan fingerprint density at radius 2 is 1.69 bits per heavy atom. The number of ether oxygens (including phenoxy) is 3. The summed E-state index contributed by atoms with van der Waals surface area (Å²) in [5, 5.41) is 5.16. The molecule has 0 saturated heterocycles. The van der Waals surface area contributed by atoms with Crippen LogP contribution in [0, 0.1) is 0 Å². The standard InChI is InChI=1S/C29H36BrNO4/c1-32-27-16-15-21(17-28(27)33-22-11-5-6-12-22)24-18-29(35-31-25(24)19-30)34-26-14-8-7-13-23(26)20-9-3-2-4-10-20/h2-4,9-10,15-17,22-24,26,29H,5-8,11-14,18-19H2,1H3/t23-,24+,26+,29+/m0/s1. The van der Waals surface area contributed by atoms with Crippen molar-refractivity contribution in [3.8, 4) is 11.5 Å². The summed E-state index contributed by atoms with van der Waals surface area (Å²) >= 11 is 3.62. The number of oxime groups is 1. The first-order valence-corrected chi connectivity index (χ1v) is 14.2. The Morgan fingerprint density at radius 1 is 0.914 bits per heavy atom. The molecule has 0 bridgehead atoms. The normalized spacial score (nSPS) is 27.2. The fraction of sp³-hybridized carbons (Fsp3) is 0.552. The predicted molar refractivity (Wildman–Crippen MR) is 142 cm³/mol. The summed E-state index contributed by atoms with van der Waals surface area (Å²) in [4.78, 5) is 5.88. The van der Waals surface area contributed by atoms with Crippen LogP contribution in [0.15, 0.2) is 53.7 Å². The van der Waals surface area contributed by atoms with Crippen molar-refractivity contribution < 1.29 is 19.0 Å². The van der Waals surface area contributed by atoms with E-state index in [-0.39, 0.29) is 24.4 Å². The van der Waals surface area contributed by atoms with E-state index >= 15 is 0 Å². The molecule has 5 nitrogen and oxygen atoms in total. The third-order valence-corrected chi connectivity index (χ3v) is 8.27. The van der Waals surface area contributed by atoms with Crippen molar-refractivity contribution in [2.45, 2.75) is 88.1 Å². The van der Waals surface area contributed by atoms with Crippen LogP contribution in [0.1, 0.15) is 80.8 Å². The topological polar surface area (TPSA) is 49.3 Å². The summed E-state index contributed by atoms with van der Waals surface area (Å²) in [5.74, 6) is 2.11. The minimum absolute atomic E-state index is 0.101. The first-order valence-electron chi connectivity index (χ1n) is 13.1.